The third-order valence-corrected chi connectivity index (χ3v) is 5.02. The molecule has 1 saturated heterocycles. The summed E-state index contributed by atoms with van der Waals surface area (Å²) in [7, 11) is 0. The van der Waals surface area contributed by atoms with Crippen molar-refractivity contribution < 1.29 is 23.9 Å². The summed E-state index contributed by atoms with van der Waals surface area (Å²) in [4.78, 5) is 47.9. The summed E-state index contributed by atoms with van der Waals surface area (Å²) in [5.74, 6) is -1.20. The SMILES string of the molecule is NC(=O)CN1C(=O)S/C(=C\c2ccc(OCC(=O)Nc3ccc(Cl)cc3)cc2)C1=O. The van der Waals surface area contributed by atoms with Gasteiger partial charge in [-0.05, 0) is 59.8 Å². The molecule has 8 nitrogen and oxygen atoms in total. The van der Waals surface area contributed by atoms with Crippen LogP contribution in [0.5, 0.6) is 5.75 Å². The Morgan fingerprint density at radius 2 is 1.77 bits per heavy atom. The average molecular weight is 446 g/mol. The number of nitrogens with two attached hydrogens (primary N) is 1. The third kappa shape index (κ3) is 5.62. The maximum atomic E-state index is 12.2. The molecule has 0 atom stereocenters. The number of ether oxygens (including phenoxy) is 1. The Labute approximate surface area is 181 Å². The summed E-state index contributed by atoms with van der Waals surface area (Å²) in [6.45, 7) is -0.638. The summed E-state index contributed by atoms with van der Waals surface area (Å²) in [5.41, 5.74) is 6.30. The second kappa shape index (κ2) is 9.47. The van der Waals surface area contributed by atoms with Crippen LogP contribution in [0.2, 0.25) is 5.02 Å². The van der Waals surface area contributed by atoms with E-state index in [2.05, 4.69) is 5.32 Å². The fourth-order valence-corrected chi connectivity index (χ4v) is 3.45. The maximum absolute atomic E-state index is 12.2. The number of imide groups is 1. The summed E-state index contributed by atoms with van der Waals surface area (Å²) in [6, 6.07) is 13.3. The number of anilines is 1. The van der Waals surface area contributed by atoms with Crippen molar-refractivity contribution in [3.8, 4) is 5.75 Å². The van der Waals surface area contributed by atoms with Crippen molar-refractivity contribution in [2.75, 3.05) is 18.5 Å². The molecular formula is C20H16ClN3O5S. The molecule has 2 aromatic rings. The second-order valence-electron chi connectivity index (χ2n) is 6.15. The van der Waals surface area contributed by atoms with Crippen LogP contribution in [0, 0.1) is 0 Å². The molecule has 0 spiro atoms. The zero-order chi connectivity index (χ0) is 21.7. The molecule has 1 heterocycles. The van der Waals surface area contributed by atoms with Crippen molar-refractivity contribution in [3.05, 3.63) is 64.0 Å². The van der Waals surface area contributed by atoms with Gasteiger partial charge >= 0.3 is 0 Å². The Morgan fingerprint density at radius 3 is 2.40 bits per heavy atom. The Morgan fingerprint density at radius 1 is 1.10 bits per heavy atom. The first-order valence-electron chi connectivity index (χ1n) is 8.64. The molecule has 2 aromatic carbocycles. The van der Waals surface area contributed by atoms with Gasteiger partial charge in [-0.1, -0.05) is 23.7 Å². The summed E-state index contributed by atoms with van der Waals surface area (Å²) >= 11 is 6.54. The molecule has 30 heavy (non-hydrogen) atoms. The minimum Gasteiger partial charge on any atom is -0.484 e. The lowest BCUT2D eigenvalue weighted by Crippen LogP contribution is -2.36. The van der Waals surface area contributed by atoms with Gasteiger partial charge in [0.2, 0.25) is 5.91 Å². The van der Waals surface area contributed by atoms with Crippen LogP contribution in [0.4, 0.5) is 10.5 Å². The van der Waals surface area contributed by atoms with Crippen LogP contribution >= 0.6 is 23.4 Å². The Kier molecular flexibility index (Phi) is 6.76. The van der Waals surface area contributed by atoms with Crippen LogP contribution in [0.25, 0.3) is 6.08 Å². The van der Waals surface area contributed by atoms with E-state index in [1.165, 1.54) is 6.08 Å². The molecule has 1 fully saturated rings. The molecule has 4 amide bonds. The van der Waals surface area contributed by atoms with Crippen LogP contribution in [0.15, 0.2) is 53.4 Å². The van der Waals surface area contributed by atoms with Crippen molar-refractivity contribution in [2.24, 2.45) is 5.73 Å². The van der Waals surface area contributed by atoms with Gasteiger partial charge in [-0.15, -0.1) is 0 Å². The van der Waals surface area contributed by atoms with Gasteiger partial charge in [0.1, 0.15) is 12.3 Å². The zero-order valence-electron chi connectivity index (χ0n) is 15.5. The fraction of sp³-hybridized carbons (Fsp3) is 0.100. The van der Waals surface area contributed by atoms with E-state index in [1.807, 2.05) is 0 Å². The molecule has 1 aliphatic heterocycles. The number of nitrogens with one attached hydrogen (secondary N) is 1. The number of hydrogen-bond acceptors (Lipinski definition) is 6. The minimum atomic E-state index is -0.764. The number of rotatable bonds is 7. The minimum absolute atomic E-state index is 0.187. The molecule has 0 saturated carbocycles. The van der Waals surface area contributed by atoms with E-state index in [4.69, 9.17) is 22.1 Å². The van der Waals surface area contributed by atoms with E-state index in [-0.39, 0.29) is 17.4 Å². The van der Waals surface area contributed by atoms with Crippen LogP contribution < -0.4 is 15.8 Å². The predicted octanol–water partition coefficient (Wildman–Crippen LogP) is 2.88. The highest BCUT2D eigenvalue weighted by Gasteiger charge is 2.35. The van der Waals surface area contributed by atoms with Gasteiger partial charge in [-0.3, -0.25) is 24.1 Å². The molecule has 1 aliphatic rings. The van der Waals surface area contributed by atoms with E-state index in [0.29, 0.717) is 22.0 Å². The summed E-state index contributed by atoms with van der Waals surface area (Å²) < 4.78 is 5.44. The predicted molar refractivity (Wildman–Crippen MR) is 114 cm³/mol. The summed E-state index contributed by atoms with van der Waals surface area (Å²) in [6.07, 6.45) is 1.53. The number of hydrogen-bond donors (Lipinski definition) is 2. The van der Waals surface area contributed by atoms with Crippen molar-refractivity contribution in [1.29, 1.82) is 0 Å². The second-order valence-corrected chi connectivity index (χ2v) is 7.58. The van der Waals surface area contributed by atoms with Gasteiger partial charge in [-0.25, -0.2) is 0 Å². The number of benzene rings is 2. The van der Waals surface area contributed by atoms with Crippen LogP contribution in [-0.2, 0) is 14.4 Å². The quantitative estimate of drug-likeness (QED) is 0.632. The lowest BCUT2D eigenvalue weighted by Gasteiger charge is -2.08. The number of nitrogens with zero attached hydrogens (tertiary/aromatic N) is 1. The number of primary amides is 1. The smallest absolute Gasteiger partial charge is 0.294 e. The van der Waals surface area contributed by atoms with Crippen LogP contribution in [-0.4, -0.2) is 41.0 Å². The highest BCUT2D eigenvalue weighted by Crippen LogP contribution is 2.32. The highest BCUT2D eigenvalue weighted by atomic mass is 35.5. The van der Waals surface area contributed by atoms with E-state index in [0.717, 1.165) is 16.7 Å². The highest BCUT2D eigenvalue weighted by molar-refractivity contribution is 8.18. The monoisotopic (exact) mass is 445 g/mol. The van der Waals surface area contributed by atoms with Gasteiger partial charge in [0.15, 0.2) is 6.61 Å². The molecule has 0 bridgehead atoms. The van der Waals surface area contributed by atoms with Crippen molar-refractivity contribution in [2.45, 2.75) is 0 Å². The lowest BCUT2D eigenvalue weighted by molar-refractivity contribution is -0.127. The first kappa shape index (κ1) is 21.4. The number of thioether (sulfide) groups is 1. The van der Waals surface area contributed by atoms with Gasteiger partial charge in [0.25, 0.3) is 17.1 Å². The molecule has 0 unspecified atom stereocenters. The topological polar surface area (TPSA) is 119 Å². The molecule has 10 heteroatoms. The summed E-state index contributed by atoms with van der Waals surface area (Å²) in [5, 5.41) is 2.71. The molecule has 0 aromatic heterocycles. The Bertz CT molecular complexity index is 1020. The number of amides is 4. The van der Waals surface area contributed by atoms with Crippen LogP contribution in [0.3, 0.4) is 0 Å². The number of halogens is 1. The van der Waals surface area contributed by atoms with Gasteiger partial charge in [0.05, 0.1) is 4.91 Å². The number of carbonyl (C=O) groups is 4. The molecular weight excluding hydrogens is 430 g/mol. The van der Waals surface area contributed by atoms with E-state index < -0.39 is 23.6 Å². The molecule has 154 valence electrons. The largest absolute Gasteiger partial charge is 0.484 e. The van der Waals surface area contributed by atoms with Crippen molar-refractivity contribution in [1.82, 2.24) is 4.90 Å². The number of carbonyl (C=O) groups excluding carboxylic acids is 4. The normalized spacial score (nSPS) is 14.8. The Balaban J connectivity index is 1.56. The first-order valence-corrected chi connectivity index (χ1v) is 9.83. The zero-order valence-corrected chi connectivity index (χ0v) is 17.0. The van der Waals surface area contributed by atoms with E-state index >= 15 is 0 Å². The van der Waals surface area contributed by atoms with Gasteiger partial charge < -0.3 is 15.8 Å². The maximum Gasteiger partial charge on any atom is 0.294 e. The fourth-order valence-electron chi connectivity index (χ4n) is 2.48. The lowest BCUT2D eigenvalue weighted by atomic mass is 10.2. The van der Waals surface area contributed by atoms with Crippen molar-refractivity contribution in [3.63, 3.8) is 0 Å². The third-order valence-electron chi connectivity index (χ3n) is 3.86. The molecule has 3 rings (SSSR count). The first-order chi connectivity index (χ1) is 14.3. The molecule has 0 radical (unpaired) electrons. The standard InChI is InChI=1S/C20H16ClN3O5S/c21-13-3-5-14(6-4-13)23-18(26)11-29-15-7-1-12(2-8-15)9-16-19(27)24(10-17(22)25)20(28)30-16/h1-9H,10-11H2,(H2,22,25)(H,23,26)/b16-9-. The molecule has 3 N–H and O–H groups in total. The average Bonchev–Trinajstić information content (AvgIpc) is 2.96. The van der Waals surface area contributed by atoms with Crippen molar-refractivity contribution >= 4 is 58.1 Å². The van der Waals surface area contributed by atoms with Gasteiger partial charge in [-0.2, -0.15) is 0 Å². The Hall–Kier alpha value is -3.30. The van der Waals surface area contributed by atoms with E-state index in [1.54, 1.807) is 48.5 Å². The van der Waals surface area contributed by atoms with Gasteiger partial charge in [0, 0.05) is 10.7 Å². The van der Waals surface area contributed by atoms with Crippen LogP contribution in [0.1, 0.15) is 5.56 Å². The van der Waals surface area contributed by atoms with E-state index in [9.17, 15) is 19.2 Å². The molecule has 0 aliphatic carbocycles.